The van der Waals surface area contributed by atoms with E-state index >= 15 is 0 Å². The van der Waals surface area contributed by atoms with Crippen LogP contribution < -0.4 is 5.32 Å². The molecule has 0 radical (unpaired) electrons. The van der Waals surface area contributed by atoms with Gasteiger partial charge in [-0.25, -0.2) is 0 Å². The fourth-order valence-electron chi connectivity index (χ4n) is 1.98. The molecular weight excluding hydrogens is 240 g/mol. The Morgan fingerprint density at radius 2 is 2.22 bits per heavy atom. The molecule has 18 heavy (non-hydrogen) atoms. The van der Waals surface area contributed by atoms with Crippen molar-refractivity contribution < 1.29 is 0 Å². The SMILES string of the molecule is Cc1cc(NC(C)Cc2ccsc2)ccc1C#N. The molecule has 0 fully saturated rings. The Hall–Kier alpha value is -1.79. The van der Waals surface area contributed by atoms with Crippen LogP contribution in [0.1, 0.15) is 23.6 Å². The van der Waals surface area contributed by atoms with Crippen LogP contribution in [0, 0.1) is 18.3 Å². The number of nitrogens with one attached hydrogen (secondary N) is 1. The van der Waals surface area contributed by atoms with Crippen LogP contribution in [0.25, 0.3) is 0 Å². The van der Waals surface area contributed by atoms with Gasteiger partial charge < -0.3 is 5.32 Å². The highest BCUT2D eigenvalue weighted by molar-refractivity contribution is 7.07. The Bertz CT molecular complexity index is 552. The van der Waals surface area contributed by atoms with E-state index in [4.69, 9.17) is 5.26 Å². The molecule has 1 aromatic heterocycles. The van der Waals surface area contributed by atoms with Crippen LogP contribution >= 0.6 is 11.3 Å². The zero-order valence-corrected chi connectivity index (χ0v) is 11.4. The quantitative estimate of drug-likeness (QED) is 0.898. The molecule has 1 aromatic carbocycles. The fraction of sp³-hybridized carbons (Fsp3) is 0.267. The highest BCUT2D eigenvalue weighted by Gasteiger charge is 2.05. The molecule has 0 spiro atoms. The number of hydrogen-bond donors (Lipinski definition) is 1. The number of aryl methyl sites for hydroxylation is 1. The monoisotopic (exact) mass is 256 g/mol. The molecule has 0 bridgehead atoms. The first kappa shape index (κ1) is 12.7. The average Bonchev–Trinajstić information content (AvgIpc) is 2.82. The number of rotatable bonds is 4. The largest absolute Gasteiger partial charge is 0.382 e. The summed E-state index contributed by atoms with van der Waals surface area (Å²) in [6.07, 6.45) is 1.02. The predicted octanol–water partition coefficient (Wildman–Crippen LogP) is 3.97. The maximum absolute atomic E-state index is 8.89. The summed E-state index contributed by atoms with van der Waals surface area (Å²) in [6.45, 7) is 4.14. The Morgan fingerprint density at radius 1 is 1.39 bits per heavy atom. The summed E-state index contributed by atoms with van der Waals surface area (Å²) in [5.74, 6) is 0. The van der Waals surface area contributed by atoms with Crippen LogP contribution in [0.2, 0.25) is 0 Å². The lowest BCUT2D eigenvalue weighted by Crippen LogP contribution is -2.17. The molecule has 1 atom stereocenters. The van der Waals surface area contributed by atoms with Crippen LogP contribution in [0.15, 0.2) is 35.0 Å². The van der Waals surface area contributed by atoms with Crippen molar-refractivity contribution in [3.05, 3.63) is 51.7 Å². The maximum atomic E-state index is 8.89. The van der Waals surface area contributed by atoms with E-state index in [9.17, 15) is 0 Å². The lowest BCUT2D eigenvalue weighted by molar-refractivity contribution is 0.792. The first-order valence-electron chi connectivity index (χ1n) is 5.97. The second kappa shape index (κ2) is 5.70. The topological polar surface area (TPSA) is 35.8 Å². The van der Waals surface area contributed by atoms with Crippen molar-refractivity contribution in [3.63, 3.8) is 0 Å². The lowest BCUT2D eigenvalue weighted by atomic mass is 10.1. The Balaban J connectivity index is 2.01. The van der Waals surface area contributed by atoms with Gasteiger partial charge in [0.15, 0.2) is 0 Å². The molecule has 0 saturated carbocycles. The smallest absolute Gasteiger partial charge is 0.0994 e. The minimum Gasteiger partial charge on any atom is -0.382 e. The summed E-state index contributed by atoms with van der Waals surface area (Å²) < 4.78 is 0. The van der Waals surface area contributed by atoms with Gasteiger partial charge in [0.05, 0.1) is 11.6 Å². The van der Waals surface area contributed by atoms with Gasteiger partial charge in [-0.3, -0.25) is 0 Å². The molecule has 2 aromatic rings. The van der Waals surface area contributed by atoms with E-state index in [1.807, 2.05) is 25.1 Å². The summed E-state index contributed by atoms with van der Waals surface area (Å²) in [7, 11) is 0. The van der Waals surface area contributed by atoms with Gasteiger partial charge in [0.25, 0.3) is 0 Å². The van der Waals surface area contributed by atoms with Crippen LogP contribution in [0.5, 0.6) is 0 Å². The second-order valence-corrected chi connectivity index (χ2v) is 5.30. The van der Waals surface area contributed by atoms with Crippen molar-refractivity contribution in [2.45, 2.75) is 26.3 Å². The first-order valence-corrected chi connectivity index (χ1v) is 6.91. The number of thiophene rings is 1. The molecule has 3 heteroatoms. The highest BCUT2D eigenvalue weighted by Crippen LogP contribution is 2.17. The van der Waals surface area contributed by atoms with Crippen molar-refractivity contribution >= 4 is 17.0 Å². The van der Waals surface area contributed by atoms with E-state index in [1.165, 1.54) is 5.56 Å². The summed E-state index contributed by atoms with van der Waals surface area (Å²) in [5.41, 5.74) is 4.20. The molecule has 0 amide bonds. The van der Waals surface area contributed by atoms with Gasteiger partial charge >= 0.3 is 0 Å². The van der Waals surface area contributed by atoms with Crippen molar-refractivity contribution in [1.29, 1.82) is 5.26 Å². The predicted molar refractivity (Wildman–Crippen MR) is 77.0 cm³/mol. The van der Waals surface area contributed by atoms with Gasteiger partial charge in [0.2, 0.25) is 0 Å². The summed E-state index contributed by atoms with van der Waals surface area (Å²) in [6, 6.07) is 10.6. The fourth-order valence-corrected chi connectivity index (χ4v) is 2.66. The molecule has 1 heterocycles. The molecule has 1 unspecified atom stereocenters. The van der Waals surface area contributed by atoms with E-state index in [0.717, 1.165) is 23.2 Å². The number of benzene rings is 1. The zero-order valence-electron chi connectivity index (χ0n) is 10.6. The molecule has 0 aliphatic rings. The highest BCUT2D eigenvalue weighted by atomic mass is 32.1. The van der Waals surface area contributed by atoms with Crippen LogP contribution in [-0.2, 0) is 6.42 Å². The van der Waals surface area contributed by atoms with Crippen molar-refractivity contribution in [3.8, 4) is 6.07 Å². The van der Waals surface area contributed by atoms with E-state index in [0.29, 0.717) is 6.04 Å². The van der Waals surface area contributed by atoms with Crippen LogP contribution in [0.3, 0.4) is 0 Å². The molecule has 0 saturated heterocycles. The number of anilines is 1. The normalized spacial score (nSPS) is 11.8. The van der Waals surface area contributed by atoms with Gasteiger partial charge in [0.1, 0.15) is 0 Å². The van der Waals surface area contributed by atoms with Crippen molar-refractivity contribution in [2.24, 2.45) is 0 Å². The van der Waals surface area contributed by atoms with Gasteiger partial charge in [-0.1, -0.05) is 0 Å². The van der Waals surface area contributed by atoms with Gasteiger partial charge in [0, 0.05) is 11.7 Å². The standard InChI is InChI=1S/C15H16N2S/c1-11-7-15(4-3-14(11)9-16)17-12(2)8-13-5-6-18-10-13/h3-7,10,12,17H,8H2,1-2H3. The molecule has 0 aliphatic carbocycles. The second-order valence-electron chi connectivity index (χ2n) is 4.52. The first-order chi connectivity index (χ1) is 8.69. The number of nitriles is 1. The van der Waals surface area contributed by atoms with Crippen molar-refractivity contribution in [1.82, 2.24) is 0 Å². The third-order valence-corrected chi connectivity index (χ3v) is 3.61. The third-order valence-electron chi connectivity index (χ3n) is 2.88. The van der Waals surface area contributed by atoms with Crippen molar-refractivity contribution in [2.75, 3.05) is 5.32 Å². The summed E-state index contributed by atoms with van der Waals surface area (Å²) >= 11 is 1.73. The van der Waals surface area contributed by atoms with Gasteiger partial charge in [-0.2, -0.15) is 16.6 Å². The average molecular weight is 256 g/mol. The Morgan fingerprint density at radius 3 is 2.83 bits per heavy atom. The van der Waals surface area contributed by atoms with Gasteiger partial charge in [-0.05, 0) is 66.4 Å². The third kappa shape index (κ3) is 3.12. The minimum absolute atomic E-state index is 0.381. The zero-order chi connectivity index (χ0) is 13.0. The number of hydrogen-bond acceptors (Lipinski definition) is 3. The lowest BCUT2D eigenvalue weighted by Gasteiger charge is -2.15. The Kier molecular flexibility index (Phi) is 4.01. The van der Waals surface area contributed by atoms with Crippen LogP contribution in [-0.4, -0.2) is 6.04 Å². The van der Waals surface area contributed by atoms with E-state index in [2.05, 4.69) is 35.1 Å². The summed E-state index contributed by atoms with van der Waals surface area (Å²) in [5, 5.41) is 16.6. The van der Waals surface area contributed by atoms with E-state index in [1.54, 1.807) is 11.3 Å². The van der Waals surface area contributed by atoms with Crippen LogP contribution in [0.4, 0.5) is 5.69 Å². The van der Waals surface area contributed by atoms with E-state index < -0.39 is 0 Å². The molecule has 2 rings (SSSR count). The van der Waals surface area contributed by atoms with Gasteiger partial charge in [-0.15, -0.1) is 0 Å². The van der Waals surface area contributed by atoms with E-state index in [-0.39, 0.29) is 0 Å². The minimum atomic E-state index is 0.381. The maximum Gasteiger partial charge on any atom is 0.0994 e. The summed E-state index contributed by atoms with van der Waals surface area (Å²) in [4.78, 5) is 0. The number of nitrogens with zero attached hydrogens (tertiary/aromatic N) is 1. The molecular formula is C15H16N2S. The molecule has 2 nitrogen and oxygen atoms in total. The Labute approximate surface area is 112 Å². The molecule has 92 valence electrons. The molecule has 1 N–H and O–H groups in total. The molecule has 0 aliphatic heterocycles.